The van der Waals surface area contributed by atoms with Crippen molar-refractivity contribution in [2.75, 3.05) is 12.3 Å². The van der Waals surface area contributed by atoms with Gasteiger partial charge in [0.2, 0.25) is 0 Å². The summed E-state index contributed by atoms with van der Waals surface area (Å²) < 4.78 is 5.71. The Labute approximate surface area is 111 Å². The van der Waals surface area contributed by atoms with Crippen LogP contribution in [0.3, 0.4) is 0 Å². The molecule has 0 aromatic heterocycles. The zero-order chi connectivity index (χ0) is 13.0. The molecule has 0 aliphatic heterocycles. The van der Waals surface area contributed by atoms with Gasteiger partial charge in [-0.25, -0.2) is 0 Å². The Bertz CT molecular complexity index is 381. The van der Waals surface area contributed by atoms with Crippen molar-refractivity contribution in [1.82, 2.24) is 0 Å². The van der Waals surface area contributed by atoms with E-state index in [-0.39, 0.29) is 0 Å². The lowest BCUT2D eigenvalue weighted by molar-refractivity contribution is 0.271. The predicted octanol–water partition coefficient (Wildman–Crippen LogP) is 4.35. The van der Waals surface area contributed by atoms with Crippen LogP contribution < -0.4 is 10.5 Å². The molecule has 0 unspecified atom stereocenters. The van der Waals surface area contributed by atoms with Crippen molar-refractivity contribution in [3.8, 4) is 5.75 Å². The van der Waals surface area contributed by atoms with Crippen LogP contribution in [0.2, 0.25) is 0 Å². The standard InChI is InChI=1S/C16H25NO/c1-12(2)11-18-14-8-9-15(16(17)10-14)13-6-4-3-5-7-13/h8-10,12-13H,3-7,11,17H2,1-2H3. The van der Waals surface area contributed by atoms with E-state index in [4.69, 9.17) is 10.5 Å². The lowest BCUT2D eigenvalue weighted by atomic mass is 9.83. The third-order valence-electron chi connectivity index (χ3n) is 3.69. The summed E-state index contributed by atoms with van der Waals surface area (Å²) in [5.41, 5.74) is 8.41. The summed E-state index contributed by atoms with van der Waals surface area (Å²) in [6.07, 6.45) is 6.64. The van der Waals surface area contributed by atoms with Crippen molar-refractivity contribution in [3.05, 3.63) is 23.8 Å². The van der Waals surface area contributed by atoms with Crippen molar-refractivity contribution in [3.63, 3.8) is 0 Å². The molecule has 2 nitrogen and oxygen atoms in total. The van der Waals surface area contributed by atoms with Crippen LogP contribution in [0.25, 0.3) is 0 Å². The lowest BCUT2D eigenvalue weighted by Crippen LogP contribution is -2.08. The Morgan fingerprint density at radius 3 is 2.56 bits per heavy atom. The van der Waals surface area contributed by atoms with E-state index in [2.05, 4.69) is 26.0 Å². The Morgan fingerprint density at radius 2 is 1.94 bits per heavy atom. The summed E-state index contributed by atoms with van der Waals surface area (Å²) >= 11 is 0. The highest BCUT2D eigenvalue weighted by atomic mass is 16.5. The highest BCUT2D eigenvalue weighted by Gasteiger charge is 2.17. The molecule has 2 heteroatoms. The molecule has 1 aromatic carbocycles. The Hall–Kier alpha value is -1.18. The van der Waals surface area contributed by atoms with Crippen molar-refractivity contribution in [2.24, 2.45) is 5.92 Å². The van der Waals surface area contributed by atoms with Crippen LogP contribution >= 0.6 is 0 Å². The van der Waals surface area contributed by atoms with Gasteiger partial charge in [0.1, 0.15) is 5.75 Å². The molecule has 1 aliphatic rings. The maximum atomic E-state index is 6.18. The van der Waals surface area contributed by atoms with Crippen molar-refractivity contribution in [2.45, 2.75) is 51.9 Å². The third kappa shape index (κ3) is 3.41. The lowest BCUT2D eigenvalue weighted by Gasteiger charge is -2.23. The minimum Gasteiger partial charge on any atom is -0.493 e. The predicted molar refractivity (Wildman–Crippen MR) is 77.0 cm³/mol. The molecule has 18 heavy (non-hydrogen) atoms. The van der Waals surface area contributed by atoms with E-state index in [0.717, 1.165) is 18.0 Å². The largest absolute Gasteiger partial charge is 0.493 e. The van der Waals surface area contributed by atoms with Crippen molar-refractivity contribution >= 4 is 5.69 Å². The number of ether oxygens (including phenoxy) is 1. The highest BCUT2D eigenvalue weighted by molar-refractivity contribution is 5.53. The second-order valence-corrected chi connectivity index (χ2v) is 5.83. The van der Waals surface area contributed by atoms with E-state index in [0.29, 0.717) is 11.8 Å². The van der Waals surface area contributed by atoms with Crippen LogP contribution in [0.4, 0.5) is 5.69 Å². The minimum atomic E-state index is 0.546. The number of nitrogens with two attached hydrogens (primary N) is 1. The van der Waals surface area contributed by atoms with E-state index < -0.39 is 0 Å². The summed E-state index contributed by atoms with van der Waals surface area (Å²) in [7, 11) is 0. The van der Waals surface area contributed by atoms with Crippen LogP contribution in [0.1, 0.15) is 57.4 Å². The molecule has 1 aromatic rings. The Kier molecular flexibility index (Phi) is 4.51. The third-order valence-corrected chi connectivity index (χ3v) is 3.69. The zero-order valence-corrected chi connectivity index (χ0v) is 11.6. The smallest absolute Gasteiger partial charge is 0.121 e. The molecule has 1 saturated carbocycles. The number of benzene rings is 1. The summed E-state index contributed by atoms with van der Waals surface area (Å²) in [5.74, 6) is 2.11. The number of anilines is 1. The molecule has 2 N–H and O–H groups in total. The number of nitrogen functional groups attached to an aromatic ring is 1. The SMILES string of the molecule is CC(C)COc1ccc(C2CCCCC2)c(N)c1. The molecule has 0 spiro atoms. The van der Waals surface area contributed by atoms with Gasteiger partial charge in [-0.3, -0.25) is 0 Å². The maximum Gasteiger partial charge on any atom is 0.121 e. The molecule has 1 aliphatic carbocycles. The first-order valence-corrected chi connectivity index (χ1v) is 7.19. The summed E-state index contributed by atoms with van der Waals surface area (Å²) in [6, 6.07) is 6.23. The van der Waals surface area contributed by atoms with Crippen LogP contribution in [0.5, 0.6) is 5.75 Å². The number of rotatable bonds is 4. The summed E-state index contributed by atoms with van der Waals surface area (Å²) in [6.45, 7) is 5.06. The van der Waals surface area contributed by atoms with Crippen molar-refractivity contribution < 1.29 is 4.74 Å². The minimum absolute atomic E-state index is 0.546. The first-order valence-electron chi connectivity index (χ1n) is 7.19. The fourth-order valence-electron chi connectivity index (χ4n) is 2.69. The molecule has 100 valence electrons. The van der Waals surface area contributed by atoms with Gasteiger partial charge in [0, 0.05) is 11.8 Å². The van der Waals surface area contributed by atoms with Gasteiger partial charge in [-0.05, 0) is 36.3 Å². The number of hydrogen-bond acceptors (Lipinski definition) is 2. The normalized spacial score (nSPS) is 17.1. The van der Waals surface area contributed by atoms with Gasteiger partial charge in [0.25, 0.3) is 0 Å². The molecule has 0 radical (unpaired) electrons. The van der Waals surface area contributed by atoms with Gasteiger partial charge in [0.05, 0.1) is 6.61 Å². The van der Waals surface area contributed by atoms with Gasteiger partial charge < -0.3 is 10.5 Å². The quantitative estimate of drug-likeness (QED) is 0.803. The molecule has 0 atom stereocenters. The molecule has 0 saturated heterocycles. The average Bonchev–Trinajstić information content (AvgIpc) is 2.37. The summed E-state index contributed by atoms with van der Waals surface area (Å²) in [4.78, 5) is 0. The van der Waals surface area contributed by atoms with Crippen LogP contribution in [-0.2, 0) is 0 Å². The zero-order valence-electron chi connectivity index (χ0n) is 11.6. The average molecular weight is 247 g/mol. The Balaban J connectivity index is 2.04. The van der Waals surface area contributed by atoms with Gasteiger partial charge in [-0.15, -0.1) is 0 Å². The molecule has 1 fully saturated rings. The second kappa shape index (κ2) is 6.12. The maximum absolute atomic E-state index is 6.18. The fourth-order valence-corrected chi connectivity index (χ4v) is 2.69. The van der Waals surface area contributed by atoms with E-state index in [9.17, 15) is 0 Å². The fraction of sp³-hybridized carbons (Fsp3) is 0.625. The van der Waals surface area contributed by atoms with Gasteiger partial charge >= 0.3 is 0 Å². The van der Waals surface area contributed by atoms with E-state index in [1.165, 1.54) is 37.7 Å². The van der Waals surface area contributed by atoms with Crippen LogP contribution in [-0.4, -0.2) is 6.61 Å². The highest BCUT2D eigenvalue weighted by Crippen LogP contribution is 2.36. The molecular weight excluding hydrogens is 222 g/mol. The summed E-state index contributed by atoms with van der Waals surface area (Å²) in [5, 5.41) is 0. The molecule has 0 heterocycles. The molecule has 0 bridgehead atoms. The van der Waals surface area contributed by atoms with Crippen LogP contribution in [0.15, 0.2) is 18.2 Å². The number of hydrogen-bond donors (Lipinski definition) is 1. The monoisotopic (exact) mass is 247 g/mol. The van der Waals surface area contributed by atoms with E-state index >= 15 is 0 Å². The van der Waals surface area contributed by atoms with Crippen molar-refractivity contribution in [1.29, 1.82) is 0 Å². The van der Waals surface area contributed by atoms with Gasteiger partial charge in [-0.2, -0.15) is 0 Å². The topological polar surface area (TPSA) is 35.2 Å². The Morgan fingerprint density at radius 1 is 1.22 bits per heavy atom. The van der Waals surface area contributed by atoms with Gasteiger partial charge in [0.15, 0.2) is 0 Å². The van der Waals surface area contributed by atoms with E-state index in [1.807, 2.05) is 6.07 Å². The molecular formula is C16H25NO. The molecule has 0 amide bonds. The second-order valence-electron chi connectivity index (χ2n) is 5.83. The molecule has 2 rings (SSSR count). The van der Waals surface area contributed by atoms with Gasteiger partial charge in [-0.1, -0.05) is 39.2 Å². The van der Waals surface area contributed by atoms with E-state index in [1.54, 1.807) is 0 Å². The first kappa shape index (κ1) is 13.3. The van der Waals surface area contributed by atoms with Crippen LogP contribution in [0, 0.1) is 5.92 Å². The first-order chi connectivity index (χ1) is 8.66.